The Labute approximate surface area is 76.2 Å². The van der Waals surface area contributed by atoms with Crippen LogP contribution in [0, 0.1) is 0 Å². The Kier molecular flexibility index (Phi) is 3.32. The molecule has 0 spiro atoms. The molecule has 0 aliphatic carbocycles. The fourth-order valence-corrected chi connectivity index (χ4v) is 1.12. The Bertz CT molecular complexity index is 302. The molecule has 0 fully saturated rings. The molecule has 1 atom stereocenters. The number of rotatable bonds is 3. The summed E-state index contributed by atoms with van der Waals surface area (Å²) >= 11 is -2.42. The summed E-state index contributed by atoms with van der Waals surface area (Å²) in [5.74, 6) is 0. The van der Waals surface area contributed by atoms with Crippen molar-refractivity contribution in [2.24, 2.45) is 0 Å². The van der Waals surface area contributed by atoms with Gasteiger partial charge in [-0.1, -0.05) is 12.1 Å². The van der Waals surface area contributed by atoms with Crippen LogP contribution in [-0.4, -0.2) is 8.76 Å². The molecule has 3 nitrogen and oxygen atoms in total. The van der Waals surface area contributed by atoms with Gasteiger partial charge in [0.05, 0.1) is 0 Å². The van der Waals surface area contributed by atoms with E-state index in [0.717, 1.165) is 0 Å². The standard InChI is InChI=1S/C7H7F2NO2S/c8-7(9)5-1-3-6(4-2-5)10-13(11)12/h1-4,7,10H,(H,11,12)/p-1. The highest BCUT2D eigenvalue weighted by atomic mass is 32.2. The Hall–Kier alpha value is -1.01. The highest BCUT2D eigenvalue weighted by Gasteiger charge is 2.05. The molecule has 6 heteroatoms. The first-order valence-corrected chi connectivity index (χ1v) is 4.41. The summed E-state index contributed by atoms with van der Waals surface area (Å²) in [5.41, 5.74) is 0.125. The van der Waals surface area contributed by atoms with E-state index in [2.05, 4.69) is 0 Å². The van der Waals surface area contributed by atoms with Gasteiger partial charge in [-0.2, -0.15) is 0 Å². The van der Waals surface area contributed by atoms with E-state index in [-0.39, 0.29) is 11.3 Å². The zero-order valence-corrected chi connectivity index (χ0v) is 7.18. The van der Waals surface area contributed by atoms with Crippen molar-refractivity contribution in [3.63, 3.8) is 0 Å². The van der Waals surface area contributed by atoms with Crippen LogP contribution >= 0.6 is 0 Å². The van der Waals surface area contributed by atoms with Gasteiger partial charge in [-0.15, -0.1) is 0 Å². The van der Waals surface area contributed by atoms with Gasteiger partial charge in [0.25, 0.3) is 6.43 Å². The normalized spacial score (nSPS) is 12.9. The second kappa shape index (κ2) is 4.29. The number of alkyl halides is 2. The zero-order chi connectivity index (χ0) is 9.84. The number of halogens is 2. The summed E-state index contributed by atoms with van der Waals surface area (Å²) in [6, 6.07) is 4.88. The molecule has 0 aliphatic rings. The minimum Gasteiger partial charge on any atom is -0.755 e. The van der Waals surface area contributed by atoms with Gasteiger partial charge in [0, 0.05) is 22.5 Å². The Morgan fingerprint density at radius 3 is 2.23 bits per heavy atom. The first kappa shape index (κ1) is 10.1. The monoisotopic (exact) mass is 206 g/mol. The van der Waals surface area contributed by atoms with Crippen LogP contribution in [-0.2, 0) is 11.3 Å². The van der Waals surface area contributed by atoms with Crippen molar-refractivity contribution in [3.05, 3.63) is 29.8 Å². The minimum atomic E-state index is -2.54. The van der Waals surface area contributed by atoms with Crippen molar-refractivity contribution in [1.82, 2.24) is 0 Å². The maximum Gasteiger partial charge on any atom is 0.263 e. The van der Waals surface area contributed by atoms with Gasteiger partial charge in [0.15, 0.2) is 0 Å². The Morgan fingerprint density at radius 1 is 1.31 bits per heavy atom. The van der Waals surface area contributed by atoms with E-state index >= 15 is 0 Å². The molecule has 13 heavy (non-hydrogen) atoms. The van der Waals surface area contributed by atoms with E-state index in [0.29, 0.717) is 0 Å². The lowest BCUT2D eigenvalue weighted by atomic mass is 10.2. The van der Waals surface area contributed by atoms with E-state index in [1.807, 2.05) is 4.72 Å². The molecule has 0 radical (unpaired) electrons. The van der Waals surface area contributed by atoms with E-state index in [4.69, 9.17) is 0 Å². The first-order valence-electron chi connectivity index (χ1n) is 3.33. The van der Waals surface area contributed by atoms with Gasteiger partial charge in [0.2, 0.25) is 0 Å². The summed E-state index contributed by atoms with van der Waals surface area (Å²) in [4.78, 5) is 0. The number of benzene rings is 1. The van der Waals surface area contributed by atoms with E-state index in [1.54, 1.807) is 0 Å². The average Bonchev–Trinajstić information content (AvgIpc) is 2.04. The Morgan fingerprint density at radius 2 is 1.85 bits per heavy atom. The van der Waals surface area contributed by atoms with Crippen molar-refractivity contribution in [3.8, 4) is 0 Å². The molecule has 0 bridgehead atoms. The molecule has 1 rings (SSSR count). The summed E-state index contributed by atoms with van der Waals surface area (Å²) in [7, 11) is 0. The van der Waals surface area contributed by atoms with Crippen LogP contribution in [0.25, 0.3) is 0 Å². The summed E-state index contributed by atoms with van der Waals surface area (Å²) < 4.78 is 46.3. The first-order chi connectivity index (χ1) is 6.09. The fraction of sp³-hybridized carbons (Fsp3) is 0.143. The van der Waals surface area contributed by atoms with Crippen LogP contribution in [0.5, 0.6) is 0 Å². The van der Waals surface area contributed by atoms with Crippen molar-refractivity contribution < 1.29 is 17.5 Å². The van der Waals surface area contributed by atoms with Crippen molar-refractivity contribution >= 4 is 17.0 Å². The number of nitrogens with one attached hydrogen (secondary N) is 1. The fourth-order valence-electron chi connectivity index (χ4n) is 0.793. The topological polar surface area (TPSA) is 52.2 Å². The van der Waals surface area contributed by atoms with Gasteiger partial charge >= 0.3 is 0 Å². The van der Waals surface area contributed by atoms with Crippen molar-refractivity contribution in [1.29, 1.82) is 0 Å². The molecule has 1 aromatic carbocycles. The third-order valence-electron chi connectivity index (χ3n) is 1.36. The third kappa shape index (κ3) is 3.08. The molecule has 0 amide bonds. The molecule has 0 aromatic heterocycles. The summed E-state index contributed by atoms with van der Waals surface area (Å²) in [5, 5.41) is 0. The second-order valence-corrected chi connectivity index (χ2v) is 2.93. The SMILES string of the molecule is O=S([O-])Nc1ccc(C(F)F)cc1. The lowest BCUT2D eigenvalue weighted by Gasteiger charge is -2.08. The second-order valence-electron chi connectivity index (χ2n) is 2.26. The molecule has 1 aromatic rings. The van der Waals surface area contributed by atoms with Crippen LogP contribution in [0.2, 0.25) is 0 Å². The van der Waals surface area contributed by atoms with Gasteiger partial charge in [-0.25, -0.2) is 8.78 Å². The smallest absolute Gasteiger partial charge is 0.263 e. The molecule has 0 heterocycles. The molecule has 0 saturated carbocycles. The van der Waals surface area contributed by atoms with Gasteiger partial charge in [0.1, 0.15) is 0 Å². The van der Waals surface area contributed by atoms with Crippen molar-refractivity contribution in [2.45, 2.75) is 6.43 Å². The molecule has 1 unspecified atom stereocenters. The zero-order valence-electron chi connectivity index (χ0n) is 6.37. The molecular formula is C7H6F2NO2S-. The van der Waals surface area contributed by atoms with Crippen LogP contribution < -0.4 is 4.72 Å². The van der Waals surface area contributed by atoms with Crippen LogP contribution in [0.4, 0.5) is 14.5 Å². The van der Waals surface area contributed by atoms with E-state index < -0.39 is 17.7 Å². The van der Waals surface area contributed by atoms with Gasteiger partial charge in [-0.3, -0.25) is 4.21 Å². The Balaban J connectivity index is 2.75. The molecule has 1 N–H and O–H groups in total. The minimum absolute atomic E-state index is 0.137. The summed E-state index contributed by atoms with van der Waals surface area (Å²) in [6.07, 6.45) is -2.54. The average molecular weight is 206 g/mol. The molecule has 0 saturated heterocycles. The van der Waals surface area contributed by atoms with Crippen LogP contribution in [0.3, 0.4) is 0 Å². The highest BCUT2D eigenvalue weighted by molar-refractivity contribution is 7.80. The van der Waals surface area contributed by atoms with E-state index in [9.17, 15) is 17.5 Å². The van der Waals surface area contributed by atoms with Gasteiger partial charge in [-0.05, 0) is 12.1 Å². The largest absolute Gasteiger partial charge is 0.755 e. The molecular weight excluding hydrogens is 200 g/mol. The summed E-state index contributed by atoms with van der Waals surface area (Å²) in [6.45, 7) is 0. The maximum absolute atomic E-state index is 12.0. The molecule has 0 aliphatic heterocycles. The van der Waals surface area contributed by atoms with E-state index in [1.165, 1.54) is 24.3 Å². The predicted molar refractivity (Wildman–Crippen MR) is 43.9 cm³/mol. The number of anilines is 1. The predicted octanol–water partition coefficient (Wildman–Crippen LogP) is 1.83. The van der Waals surface area contributed by atoms with Crippen LogP contribution in [0.15, 0.2) is 24.3 Å². The quantitative estimate of drug-likeness (QED) is 0.767. The third-order valence-corrected chi connectivity index (χ3v) is 1.77. The molecule has 72 valence electrons. The lowest BCUT2D eigenvalue weighted by molar-refractivity contribution is 0.151. The lowest BCUT2D eigenvalue weighted by Crippen LogP contribution is -2.01. The van der Waals surface area contributed by atoms with Crippen molar-refractivity contribution in [2.75, 3.05) is 4.72 Å². The van der Waals surface area contributed by atoms with Gasteiger partial charge < -0.3 is 9.27 Å². The number of hydrogen-bond donors (Lipinski definition) is 1. The highest BCUT2D eigenvalue weighted by Crippen LogP contribution is 2.20. The maximum atomic E-state index is 12.0. The number of hydrogen-bond acceptors (Lipinski definition) is 2. The van der Waals surface area contributed by atoms with Crippen LogP contribution in [0.1, 0.15) is 12.0 Å².